The minimum absolute atomic E-state index is 0.432. The van der Waals surface area contributed by atoms with E-state index in [-0.39, 0.29) is 0 Å². The van der Waals surface area contributed by atoms with Gasteiger partial charge in [0.1, 0.15) is 10.6 Å². The molecule has 0 aliphatic rings. The number of hydrogen-bond acceptors (Lipinski definition) is 4. The molecule has 4 nitrogen and oxygen atoms in total. The average Bonchev–Trinajstić information content (AvgIpc) is 2.17. The Kier molecular flexibility index (Phi) is 3.07. The van der Waals surface area contributed by atoms with Crippen molar-refractivity contribution in [3.8, 4) is 5.75 Å². The van der Waals surface area contributed by atoms with Crippen LogP contribution < -0.4 is 5.73 Å². The predicted molar refractivity (Wildman–Crippen MR) is 49.2 cm³/mol. The standard InChI is InChI=1S/C8H10FNO3S/c9-8(5-10)14(12,13)7-4-2-1-3-6(7)11/h1-4,8,11H,5,10H2. The maximum Gasteiger partial charge on any atom is 0.217 e. The minimum atomic E-state index is -4.16. The Labute approximate surface area is 81.1 Å². The summed E-state index contributed by atoms with van der Waals surface area (Å²) in [5, 5.41) is 9.20. The lowest BCUT2D eigenvalue weighted by Crippen LogP contribution is -2.25. The molecule has 0 fully saturated rings. The minimum Gasteiger partial charge on any atom is -0.507 e. The highest BCUT2D eigenvalue weighted by atomic mass is 32.2. The lowest BCUT2D eigenvalue weighted by Gasteiger charge is -2.08. The Hall–Kier alpha value is -1.14. The lowest BCUT2D eigenvalue weighted by molar-refractivity contribution is 0.418. The molecule has 0 bridgehead atoms. The number of benzene rings is 1. The molecule has 0 aliphatic carbocycles. The predicted octanol–water partition coefficient (Wildman–Crippen LogP) is 0.420. The molecule has 14 heavy (non-hydrogen) atoms. The third kappa shape index (κ3) is 1.85. The van der Waals surface area contributed by atoms with Gasteiger partial charge in [0.2, 0.25) is 15.3 Å². The van der Waals surface area contributed by atoms with Crippen molar-refractivity contribution in [3.05, 3.63) is 24.3 Å². The third-order valence-corrected chi connectivity index (χ3v) is 3.52. The summed E-state index contributed by atoms with van der Waals surface area (Å²) in [5.41, 5.74) is 2.73. The largest absolute Gasteiger partial charge is 0.507 e. The van der Waals surface area contributed by atoms with Crippen molar-refractivity contribution in [3.63, 3.8) is 0 Å². The molecule has 1 aromatic carbocycles. The van der Waals surface area contributed by atoms with Crippen LogP contribution in [0.25, 0.3) is 0 Å². The lowest BCUT2D eigenvalue weighted by atomic mass is 10.3. The molecule has 0 spiro atoms. The second-order valence-electron chi connectivity index (χ2n) is 2.66. The molecule has 0 aliphatic heterocycles. The van der Waals surface area contributed by atoms with E-state index in [1.165, 1.54) is 18.2 Å². The molecule has 6 heteroatoms. The molecule has 0 radical (unpaired) electrons. The van der Waals surface area contributed by atoms with Gasteiger partial charge in [-0.2, -0.15) is 0 Å². The van der Waals surface area contributed by atoms with Gasteiger partial charge in [-0.1, -0.05) is 12.1 Å². The summed E-state index contributed by atoms with van der Waals surface area (Å²) in [4.78, 5) is -0.432. The summed E-state index contributed by atoms with van der Waals surface area (Å²) in [5.74, 6) is -0.469. The smallest absolute Gasteiger partial charge is 0.217 e. The first kappa shape index (κ1) is 10.9. The molecule has 3 N–H and O–H groups in total. The molecular weight excluding hydrogens is 209 g/mol. The number of halogens is 1. The zero-order valence-corrected chi connectivity index (χ0v) is 8.04. The Morgan fingerprint density at radius 1 is 1.43 bits per heavy atom. The van der Waals surface area contributed by atoms with Gasteiger partial charge in [0.15, 0.2) is 0 Å². The summed E-state index contributed by atoms with van der Waals surface area (Å²) in [6.45, 7) is -0.628. The van der Waals surface area contributed by atoms with E-state index in [2.05, 4.69) is 0 Å². The van der Waals surface area contributed by atoms with Gasteiger partial charge in [-0.05, 0) is 12.1 Å². The van der Waals surface area contributed by atoms with Crippen LogP contribution in [0.15, 0.2) is 29.2 Å². The molecule has 0 saturated carbocycles. The zero-order chi connectivity index (χ0) is 10.8. The number of sulfone groups is 1. The number of rotatable bonds is 3. The van der Waals surface area contributed by atoms with E-state index < -0.39 is 32.5 Å². The Bertz CT molecular complexity index is 418. The van der Waals surface area contributed by atoms with Gasteiger partial charge in [0.25, 0.3) is 0 Å². The van der Waals surface area contributed by atoms with Crippen LogP contribution in [0.5, 0.6) is 5.75 Å². The molecular formula is C8H10FNO3S. The number of aromatic hydroxyl groups is 1. The second kappa shape index (κ2) is 3.93. The average molecular weight is 219 g/mol. The van der Waals surface area contributed by atoms with Gasteiger partial charge in [-0.15, -0.1) is 0 Å². The summed E-state index contributed by atoms with van der Waals surface area (Å²) < 4.78 is 35.7. The van der Waals surface area contributed by atoms with Crippen LogP contribution in [0.2, 0.25) is 0 Å². The van der Waals surface area contributed by atoms with E-state index in [1.54, 1.807) is 0 Å². The second-order valence-corrected chi connectivity index (χ2v) is 4.70. The van der Waals surface area contributed by atoms with Gasteiger partial charge < -0.3 is 10.8 Å². The number of alkyl halides is 1. The SMILES string of the molecule is NCC(F)S(=O)(=O)c1ccccc1O. The Balaban J connectivity index is 3.24. The first-order valence-electron chi connectivity index (χ1n) is 3.86. The molecule has 1 unspecified atom stereocenters. The van der Waals surface area contributed by atoms with E-state index in [1.807, 2.05) is 0 Å². The fourth-order valence-corrected chi connectivity index (χ4v) is 2.12. The van der Waals surface area contributed by atoms with Crippen molar-refractivity contribution in [1.82, 2.24) is 0 Å². The Morgan fingerprint density at radius 3 is 2.50 bits per heavy atom. The topological polar surface area (TPSA) is 80.4 Å². The number of para-hydroxylation sites is 1. The molecule has 0 saturated heterocycles. The van der Waals surface area contributed by atoms with Crippen LogP contribution in [0.3, 0.4) is 0 Å². The molecule has 0 amide bonds. The highest BCUT2D eigenvalue weighted by Gasteiger charge is 2.28. The van der Waals surface area contributed by atoms with Crippen LogP contribution in [-0.4, -0.2) is 25.6 Å². The molecule has 1 rings (SSSR count). The summed E-state index contributed by atoms with van der Waals surface area (Å²) >= 11 is 0. The molecule has 1 aromatic rings. The molecule has 0 heterocycles. The van der Waals surface area contributed by atoms with Crippen LogP contribution in [0, 0.1) is 0 Å². The van der Waals surface area contributed by atoms with Crippen molar-refractivity contribution in [2.45, 2.75) is 10.4 Å². The summed E-state index contributed by atoms with van der Waals surface area (Å²) in [6, 6.07) is 5.16. The monoisotopic (exact) mass is 219 g/mol. The summed E-state index contributed by atoms with van der Waals surface area (Å²) in [7, 11) is -4.16. The van der Waals surface area contributed by atoms with Crippen molar-refractivity contribution >= 4 is 9.84 Å². The first-order chi connectivity index (χ1) is 6.50. The van der Waals surface area contributed by atoms with Crippen molar-refractivity contribution in [1.29, 1.82) is 0 Å². The van der Waals surface area contributed by atoms with Gasteiger partial charge in [-0.3, -0.25) is 0 Å². The van der Waals surface area contributed by atoms with E-state index >= 15 is 0 Å². The zero-order valence-electron chi connectivity index (χ0n) is 7.22. The highest BCUT2D eigenvalue weighted by molar-refractivity contribution is 7.92. The third-order valence-electron chi connectivity index (χ3n) is 1.69. The Morgan fingerprint density at radius 2 is 2.00 bits per heavy atom. The number of phenols is 1. The fourth-order valence-electron chi connectivity index (χ4n) is 0.962. The maximum absolute atomic E-state index is 13.0. The van der Waals surface area contributed by atoms with E-state index in [9.17, 15) is 17.9 Å². The normalized spacial score (nSPS) is 13.9. The van der Waals surface area contributed by atoms with Gasteiger partial charge in [0, 0.05) is 6.54 Å². The molecule has 0 aromatic heterocycles. The first-order valence-corrected chi connectivity index (χ1v) is 5.41. The maximum atomic E-state index is 13.0. The van der Waals surface area contributed by atoms with Crippen molar-refractivity contribution in [2.24, 2.45) is 5.73 Å². The van der Waals surface area contributed by atoms with Crippen LogP contribution >= 0.6 is 0 Å². The van der Waals surface area contributed by atoms with Crippen molar-refractivity contribution in [2.75, 3.05) is 6.54 Å². The van der Waals surface area contributed by atoms with Gasteiger partial charge in [-0.25, -0.2) is 12.8 Å². The number of hydrogen-bond donors (Lipinski definition) is 2. The van der Waals surface area contributed by atoms with E-state index in [4.69, 9.17) is 5.73 Å². The fraction of sp³-hybridized carbons (Fsp3) is 0.250. The van der Waals surface area contributed by atoms with Crippen LogP contribution in [0.4, 0.5) is 4.39 Å². The van der Waals surface area contributed by atoms with Crippen molar-refractivity contribution < 1.29 is 17.9 Å². The van der Waals surface area contributed by atoms with Crippen LogP contribution in [0.1, 0.15) is 0 Å². The number of phenolic OH excluding ortho intramolecular Hbond substituents is 1. The van der Waals surface area contributed by atoms with Crippen LogP contribution in [-0.2, 0) is 9.84 Å². The number of nitrogens with two attached hydrogens (primary N) is 1. The molecule has 78 valence electrons. The van der Waals surface area contributed by atoms with Gasteiger partial charge >= 0.3 is 0 Å². The van der Waals surface area contributed by atoms with E-state index in [0.717, 1.165) is 6.07 Å². The quantitative estimate of drug-likeness (QED) is 0.772. The summed E-state index contributed by atoms with van der Waals surface area (Å²) in [6.07, 6.45) is 0. The van der Waals surface area contributed by atoms with Gasteiger partial charge in [0.05, 0.1) is 0 Å². The molecule has 1 atom stereocenters. The van der Waals surface area contributed by atoms with E-state index in [0.29, 0.717) is 0 Å². The highest BCUT2D eigenvalue weighted by Crippen LogP contribution is 2.25.